The zero-order valence-electron chi connectivity index (χ0n) is 13.5. The van der Waals surface area contributed by atoms with Gasteiger partial charge < -0.3 is 22.2 Å². The van der Waals surface area contributed by atoms with Crippen LogP contribution in [0.4, 0.5) is 23.1 Å². The molecule has 0 unspecified atom stereocenters. The Morgan fingerprint density at radius 3 is 2.68 bits per heavy atom. The quantitative estimate of drug-likeness (QED) is 0.217. The highest BCUT2D eigenvalue weighted by Crippen LogP contribution is 2.26. The number of nitrogens with two attached hydrogens (primary N) is 3. The molecule has 0 saturated carbocycles. The molecule has 0 saturated heterocycles. The second kappa shape index (κ2) is 8.28. The number of nitrogen functional groups attached to an aromatic ring is 2. The Labute approximate surface area is 145 Å². The third kappa shape index (κ3) is 4.43. The molecule has 1 aromatic carbocycles. The maximum Gasteiger partial charge on any atom is 0.222 e. The highest BCUT2D eigenvalue weighted by molar-refractivity contribution is 6.08. The molecule has 2 aromatic rings. The molecule has 8 N–H and O–H groups in total. The van der Waals surface area contributed by atoms with Gasteiger partial charge in [-0.2, -0.15) is 10.2 Å². The predicted molar refractivity (Wildman–Crippen MR) is 98.6 cm³/mol. The number of benzene rings is 1. The molecule has 0 atom stereocenters. The largest absolute Gasteiger partial charge is 0.394 e. The maximum atomic E-state index is 8.52. The first-order valence-corrected chi connectivity index (χ1v) is 7.41. The van der Waals surface area contributed by atoms with Crippen molar-refractivity contribution in [2.24, 2.45) is 5.84 Å². The van der Waals surface area contributed by atoms with E-state index < -0.39 is 0 Å². The first-order valence-electron chi connectivity index (χ1n) is 7.41. The number of nitriles is 1. The van der Waals surface area contributed by atoms with Crippen LogP contribution < -0.4 is 27.6 Å². The molecule has 1 heterocycles. The van der Waals surface area contributed by atoms with Gasteiger partial charge in [-0.05, 0) is 17.7 Å². The van der Waals surface area contributed by atoms with E-state index in [4.69, 9.17) is 28.0 Å². The van der Waals surface area contributed by atoms with E-state index >= 15 is 0 Å². The third-order valence-electron chi connectivity index (χ3n) is 3.32. The van der Waals surface area contributed by atoms with Crippen LogP contribution in [-0.2, 0) is 0 Å². The fourth-order valence-electron chi connectivity index (χ4n) is 2.04. The van der Waals surface area contributed by atoms with Crippen LogP contribution >= 0.6 is 0 Å². The van der Waals surface area contributed by atoms with Crippen molar-refractivity contribution in [2.75, 3.05) is 23.0 Å². The summed E-state index contributed by atoms with van der Waals surface area (Å²) in [5.41, 5.74) is 13.9. The zero-order valence-corrected chi connectivity index (χ0v) is 13.5. The van der Waals surface area contributed by atoms with Gasteiger partial charge >= 0.3 is 0 Å². The molecule has 0 spiro atoms. The van der Waals surface area contributed by atoms with Crippen molar-refractivity contribution in [2.45, 2.75) is 6.42 Å². The Kier molecular flexibility index (Phi) is 5.86. The summed E-state index contributed by atoms with van der Waals surface area (Å²) < 4.78 is 0. The molecule has 0 aliphatic rings. The monoisotopic (exact) mass is 337 g/mol. The summed E-state index contributed by atoms with van der Waals surface area (Å²) in [6, 6.07) is 9.24. The smallest absolute Gasteiger partial charge is 0.222 e. The Bertz CT molecular complexity index is 805. The summed E-state index contributed by atoms with van der Waals surface area (Å²) >= 11 is 0. The van der Waals surface area contributed by atoms with Crippen LogP contribution in [0.25, 0.3) is 5.57 Å². The molecular formula is C16H19N9. The van der Waals surface area contributed by atoms with Gasteiger partial charge in [0.1, 0.15) is 0 Å². The van der Waals surface area contributed by atoms with Crippen LogP contribution in [0.15, 0.2) is 36.7 Å². The van der Waals surface area contributed by atoms with Crippen molar-refractivity contribution in [3.8, 4) is 6.07 Å². The van der Waals surface area contributed by atoms with Crippen LogP contribution in [0.1, 0.15) is 12.0 Å². The molecule has 0 radical (unpaired) electrons. The third-order valence-corrected chi connectivity index (χ3v) is 3.32. The lowest BCUT2D eigenvalue weighted by Gasteiger charge is -2.19. The molecule has 0 amide bonds. The predicted octanol–water partition coefficient (Wildman–Crippen LogP) is 1.15. The van der Waals surface area contributed by atoms with Gasteiger partial charge in [-0.3, -0.25) is 5.01 Å². The molecule has 0 fully saturated rings. The Morgan fingerprint density at radius 2 is 2.04 bits per heavy atom. The van der Waals surface area contributed by atoms with Crippen molar-refractivity contribution < 1.29 is 0 Å². The Balaban J connectivity index is 2.19. The molecule has 1 aromatic heterocycles. The first kappa shape index (κ1) is 17.7. The number of allylic oxidation sites excluding steroid dienone is 1. The van der Waals surface area contributed by atoms with Crippen molar-refractivity contribution in [3.05, 3.63) is 42.2 Å². The zero-order chi connectivity index (χ0) is 18.2. The molecule has 2 rings (SSSR count). The number of anilines is 4. The van der Waals surface area contributed by atoms with Crippen LogP contribution in [0, 0.1) is 16.7 Å². The summed E-state index contributed by atoms with van der Waals surface area (Å²) in [7, 11) is 0. The van der Waals surface area contributed by atoms with Gasteiger partial charge in [0, 0.05) is 24.5 Å². The molecular weight excluding hydrogens is 318 g/mol. The summed E-state index contributed by atoms with van der Waals surface area (Å²) in [4.78, 5) is 7.84. The van der Waals surface area contributed by atoms with Crippen molar-refractivity contribution in [3.63, 3.8) is 0 Å². The lowest BCUT2D eigenvalue weighted by molar-refractivity contribution is 0.861. The average molecular weight is 337 g/mol. The van der Waals surface area contributed by atoms with Gasteiger partial charge in [-0.1, -0.05) is 12.1 Å². The summed E-state index contributed by atoms with van der Waals surface area (Å²) in [6.07, 6.45) is 4.72. The van der Waals surface area contributed by atoms with Gasteiger partial charge in [-0.25, -0.2) is 10.8 Å². The fraction of sp³-hybridized carbons (Fsp3) is 0.125. The number of aromatic nitrogens is 2. The molecule has 25 heavy (non-hydrogen) atoms. The van der Waals surface area contributed by atoms with Gasteiger partial charge in [0.25, 0.3) is 0 Å². The van der Waals surface area contributed by atoms with Crippen LogP contribution in [0.5, 0.6) is 0 Å². The Morgan fingerprint density at radius 1 is 1.32 bits per heavy atom. The molecule has 0 aliphatic heterocycles. The van der Waals surface area contributed by atoms with Gasteiger partial charge in [0.05, 0.1) is 30.1 Å². The number of nitrogens with zero attached hydrogens (tertiary/aromatic N) is 4. The topological polar surface area (TPSA) is 167 Å². The lowest BCUT2D eigenvalue weighted by atomic mass is 10.1. The SMILES string of the molecule is N#CCCN/C=C(\C=N)c1ccc(N(N)c2nc(N)ncc2N)cc1. The minimum atomic E-state index is 0.0775. The number of hydrogen-bond acceptors (Lipinski definition) is 9. The van der Waals surface area contributed by atoms with E-state index in [9.17, 15) is 0 Å². The standard InChI is InChI=1S/C16H19N9/c17-6-1-7-22-9-12(8-18)11-2-4-13(5-3-11)25(21)15-14(19)10-23-16(20)24-15/h2-5,8-10,18,22H,1,7,19,21H2,(H2,20,23,24)/b12-9+,18-8?. The molecule has 9 nitrogen and oxygen atoms in total. The van der Waals surface area contributed by atoms with Crippen molar-refractivity contribution in [1.82, 2.24) is 15.3 Å². The van der Waals surface area contributed by atoms with E-state index in [0.29, 0.717) is 35.7 Å². The van der Waals surface area contributed by atoms with E-state index in [2.05, 4.69) is 15.3 Å². The van der Waals surface area contributed by atoms with Gasteiger partial charge in [0.15, 0.2) is 5.82 Å². The van der Waals surface area contributed by atoms with Gasteiger partial charge in [-0.15, -0.1) is 0 Å². The van der Waals surface area contributed by atoms with E-state index in [1.54, 1.807) is 18.3 Å². The van der Waals surface area contributed by atoms with E-state index in [1.165, 1.54) is 17.4 Å². The van der Waals surface area contributed by atoms with E-state index in [0.717, 1.165) is 5.56 Å². The van der Waals surface area contributed by atoms with E-state index in [1.807, 2.05) is 18.2 Å². The number of hydrogen-bond donors (Lipinski definition) is 5. The number of hydrazine groups is 1. The normalized spacial score (nSPS) is 10.8. The fourth-order valence-corrected chi connectivity index (χ4v) is 2.04. The maximum absolute atomic E-state index is 8.52. The van der Waals surface area contributed by atoms with Gasteiger partial charge in [0.2, 0.25) is 5.95 Å². The highest BCUT2D eigenvalue weighted by Gasteiger charge is 2.11. The molecule has 128 valence electrons. The first-order chi connectivity index (χ1) is 12.1. The Hall–Kier alpha value is -3.64. The number of rotatable bonds is 7. The summed E-state index contributed by atoms with van der Waals surface area (Å²) in [5, 5.41) is 20.4. The summed E-state index contributed by atoms with van der Waals surface area (Å²) in [6.45, 7) is 0.525. The minimum absolute atomic E-state index is 0.0775. The van der Waals surface area contributed by atoms with Crippen molar-refractivity contribution in [1.29, 1.82) is 10.7 Å². The molecule has 0 bridgehead atoms. The average Bonchev–Trinajstić information content (AvgIpc) is 2.63. The highest BCUT2D eigenvalue weighted by atomic mass is 15.4. The van der Waals surface area contributed by atoms with Crippen LogP contribution in [0.2, 0.25) is 0 Å². The molecule has 9 heteroatoms. The van der Waals surface area contributed by atoms with Crippen LogP contribution in [-0.4, -0.2) is 22.7 Å². The van der Waals surface area contributed by atoms with Crippen molar-refractivity contribution >= 4 is 34.9 Å². The minimum Gasteiger partial charge on any atom is -0.394 e. The lowest BCUT2D eigenvalue weighted by Crippen LogP contribution is -2.27. The van der Waals surface area contributed by atoms with Crippen LogP contribution in [0.3, 0.4) is 0 Å². The second-order valence-corrected chi connectivity index (χ2v) is 5.03. The second-order valence-electron chi connectivity index (χ2n) is 5.03. The molecule has 0 aliphatic carbocycles. The number of nitrogens with one attached hydrogen (secondary N) is 2. The summed E-state index contributed by atoms with van der Waals surface area (Å²) in [5.74, 6) is 6.45. The van der Waals surface area contributed by atoms with E-state index in [-0.39, 0.29) is 5.95 Å².